The number of ether oxygens (including phenoxy) is 2. The number of nitrogens with zero attached hydrogens (tertiary/aromatic N) is 1. The van der Waals surface area contributed by atoms with Crippen molar-refractivity contribution < 1.29 is 14.3 Å². The second-order valence-electron chi connectivity index (χ2n) is 6.06. The van der Waals surface area contributed by atoms with Gasteiger partial charge in [0.25, 0.3) is 5.91 Å². The fraction of sp³-hybridized carbons (Fsp3) is 0.333. The Bertz CT molecular complexity index is 714. The number of aromatic nitrogens is 1. The molecule has 1 amide bonds. The summed E-state index contributed by atoms with van der Waals surface area (Å²) in [7, 11) is 0. The van der Waals surface area contributed by atoms with E-state index in [0.717, 1.165) is 23.5 Å². The van der Waals surface area contributed by atoms with Crippen LogP contribution in [0.3, 0.4) is 0 Å². The topological polar surface area (TPSA) is 72.5 Å². The maximum Gasteiger partial charge on any atom is 0.269 e. The Balaban J connectivity index is 1.59. The minimum absolute atomic E-state index is 0.148. The summed E-state index contributed by atoms with van der Waals surface area (Å²) < 4.78 is 10.6. The number of benzene rings is 1. The molecule has 24 heavy (non-hydrogen) atoms. The number of rotatable bonds is 6. The second kappa shape index (κ2) is 7.21. The third-order valence-corrected chi connectivity index (χ3v) is 3.66. The van der Waals surface area contributed by atoms with Crippen LogP contribution in [0.4, 0.5) is 11.4 Å². The van der Waals surface area contributed by atoms with Gasteiger partial charge < -0.3 is 20.1 Å². The fourth-order valence-corrected chi connectivity index (χ4v) is 2.31. The Morgan fingerprint density at radius 1 is 1.17 bits per heavy atom. The highest BCUT2D eigenvalue weighted by Gasteiger charge is 2.13. The van der Waals surface area contributed by atoms with E-state index < -0.39 is 0 Å². The Morgan fingerprint density at radius 3 is 2.71 bits per heavy atom. The molecule has 1 aromatic heterocycles. The van der Waals surface area contributed by atoms with Crippen LogP contribution in [0, 0.1) is 5.92 Å². The van der Waals surface area contributed by atoms with Crippen LogP contribution in [0.25, 0.3) is 0 Å². The van der Waals surface area contributed by atoms with Crippen molar-refractivity contribution in [3.05, 3.63) is 42.2 Å². The third-order valence-electron chi connectivity index (χ3n) is 3.66. The molecule has 1 aliphatic heterocycles. The molecule has 1 aliphatic rings. The molecular weight excluding hydrogens is 306 g/mol. The molecule has 0 saturated carbocycles. The van der Waals surface area contributed by atoms with Crippen molar-refractivity contribution in [3.8, 4) is 11.5 Å². The van der Waals surface area contributed by atoms with E-state index in [1.54, 1.807) is 12.3 Å². The molecular formula is C18H21N3O3. The van der Waals surface area contributed by atoms with Crippen LogP contribution >= 0.6 is 0 Å². The van der Waals surface area contributed by atoms with Crippen molar-refractivity contribution in [2.24, 2.45) is 5.92 Å². The average Bonchev–Trinajstić information content (AvgIpc) is 3.03. The number of pyridine rings is 1. The predicted octanol–water partition coefficient (Wildman–Crippen LogP) is 3.33. The van der Waals surface area contributed by atoms with Crippen LogP contribution in [0.2, 0.25) is 0 Å². The maximum absolute atomic E-state index is 12.0. The van der Waals surface area contributed by atoms with E-state index in [1.807, 2.05) is 24.3 Å². The number of carbonyl (C=O) groups excluding carboxylic acids is 1. The van der Waals surface area contributed by atoms with Gasteiger partial charge in [0.1, 0.15) is 5.69 Å². The number of fused-ring (bicyclic) bond motifs is 1. The molecule has 2 N–H and O–H groups in total. The van der Waals surface area contributed by atoms with E-state index in [4.69, 9.17) is 9.47 Å². The van der Waals surface area contributed by atoms with E-state index in [-0.39, 0.29) is 12.7 Å². The molecule has 0 bridgehead atoms. The third kappa shape index (κ3) is 3.95. The summed E-state index contributed by atoms with van der Waals surface area (Å²) in [5, 5.41) is 6.10. The van der Waals surface area contributed by atoms with Crippen molar-refractivity contribution in [2.75, 3.05) is 18.7 Å². The molecule has 0 aliphatic carbocycles. The Morgan fingerprint density at radius 2 is 1.96 bits per heavy atom. The zero-order valence-electron chi connectivity index (χ0n) is 13.8. The molecule has 0 saturated heterocycles. The molecule has 2 heterocycles. The van der Waals surface area contributed by atoms with Crippen molar-refractivity contribution in [1.29, 1.82) is 0 Å². The first kappa shape index (κ1) is 16.1. The summed E-state index contributed by atoms with van der Waals surface area (Å²) in [6.45, 7) is 5.17. The lowest BCUT2D eigenvalue weighted by atomic mass is 10.1. The lowest BCUT2D eigenvalue weighted by molar-refractivity contribution is 0.0947. The van der Waals surface area contributed by atoms with E-state index in [9.17, 15) is 4.79 Å². The Labute approximate surface area is 141 Å². The summed E-state index contributed by atoms with van der Waals surface area (Å²) in [5.74, 6) is 1.87. The quantitative estimate of drug-likeness (QED) is 0.851. The molecule has 0 unspecified atom stereocenters. The summed E-state index contributed by atoms with van der Waals surface area (Å²) in [6, 6.07) is 9.17. The van der Waals surface area contributed by atoms with Crippen molar-refractivity contribution in [3.63, 3.8) is 0 Å². The van der Waals surface area contributed by atoms with E-state index in [2.05, 4.69) is 29.5 Å². The maximum atomic E-state index is 12.0. The highest BCUT2D eigenvalue weighted by Crippen LogP contribution is 2.34. The van der Waals surface area contributed by atoms with Crippen molar-refractivity contribution >= 4 is 17.3 Å². The first-order chi connectivity index (χ1) is 11.6. The molecule has 0 radical (unpaired) electrons. The van der Waals surface area contributed by atoms with E-state index >= 15 is 0 Å². The van der Waals surface area contributed by atoms with Crippen LogP contribution in [-0.2, 0) is 0 Å². The number of carbonyl (C=O) groups is 1. The van der Waals surface area contributed by atoms with Crippen LogP contribution in [-0.4, -0.2) is 24.2 Å². The minimum Gasteiger partial charge on any atom is -0.454 e. The number of anilines is 2. The van der Waals surface area contributed by atoms with Gasteiger partial charge in [-0.25, -0.2) is 4.98 Å². The summed E-state index contributed by atoms with van der Waals surface area (Å²) in [6.07, 6.45) is 2.59. The second-order valence-corrected chi connectivity index (χ2v) is 6.06. The van der Waals surface area contributed by atoms with Gasteiger partial charge in [-0.3, -0.25) is 4.79 Å². The fourth-order valence-electron chi connectivity index (χ4n) is 2.31. The van der Waals surface area contributed by atoms with Crippen LogP contribution in [0.15, 0.2) is 36.5 Å². The van der Waals surface area contributed by atoms with Crippen LogP contribution in [0.5, 0.6) is 11.5 Å². The number of hydrogen-bond donors (Lipinski definition) is 2. The monoisotopic (exact) mass is 327 g/mol. The van der Waals surface area contributed by atoms with Gasteiger partial charge in [-0.15, -0.1) is 0 Å². The van der Waals surface area contributed by atoms with Crippen LogP contribution < -0.4 is 20.1 Å². The highest BCUT2D eigenvalue weighted by molar-refractivity contribution is 5.92. The highest BCUT2D eigenvalue weighted by atomic mass is 16.7. The molecule has 6 heteroatoms. The minimum atomic E-state index is -0.148. The van der Waals surface area contributed by atoms with Gasteiger partial charge >= 0.3 is 0 Å². The molecule has 126 valence electrons. The van der Waals surface area contributed by atoms with E-state index in [0.29, 0.717) is 23.9 Å². The summed E-state index contributed by atoms with van der Waals surface area (Å²) in [5.41, 5.74) is 2.08. The molecule has 3 rings (SSSR count). The first-order valence-electron chi connectivity index (χ1n) is 8.03. The van der Waals surface area contributed by atoms with Gasteiger partial charge in [0.05, 0.1) is 11.9 Å². The zero-order valence-corrected chi connectivity index (χ0v) is 13.8. The standard InChI is InChI=1S/C18H21N3O3/c1-12(2)7-8-19-18(22)15-5-3-14(10-20-15)21-13-4-6-16-17(9-13)24-11-23-16/h3-6,9-10,12,21H,7-8,11H2,1-2H3,(H,19,22). The van der Waals surface area contributed by atoms with Gasteiger partial charge in [0.15, 0.2) is 11.5 Å². The average molecular weight is 327 g/mol. The Kier molecular flexibility index (Phi) is 4.84. The summed E-state index contributed by atoms with van der Waals surface area (Å²) in [4.78, 5) is 16.2. The van der Waals surface area contributed by atoms with Gasteiger partial charge in [0, 0.05) is 18.3 Å². The van der Waals surface area contributed by atoms with Gasteiger partial charge in [-0.2, -0.15) is 0 Å². The number of hydrogen-bond acceptors (Lipinski definition) is 5. The SMILES string of the molecule is CC(C)CCNC(=O)c1ccc(Nc2ccc3c(c2)OCO3)cn1. The normalized spacial score (nSPS) is 12.3. The molecule has 0 atom stereocenters. The largest absolute Gasteiger partial charge is 0.454 e. The molecule has 0 fully saturated rings. The van der Waals surface area contributed by atoms with Gasteiger partial charge in [-0.05, 0) is 36.6 Å². The smallest absolute Gasteiger partial charge is 0.269 e. The molecule has 2 aromatic rings. The zero-order chi connectivity index (χ0) is 16.9. The molecule has 6 nitrogen and oxygen atoms in total. The number of nitrogens with one attached hydrogen (secondary N) is 2. The molecule has 1 aromatic carbocycles. The Hall–Kier alpha value is -2.76. The predicted molar refractivity (Wildman–Crippen MR) is 91.9 cm³/mol. The van der Waals surface area contributed by atoms with Crippen molar-refractivity contribution in [2.45, 2.75) is 20.3 Å². The summed E-state index contributed by atoms with van der Waals surface area (Å²) >= 11 is 0. The lowest BCUT2D eigenvalue weighted by Gasteiger charge is -2.09. The number of amides is 1. The van der Waals surface area contributed by atoms with Crippen LogP contribution in [0.1, 0.15) is 30.8 Å². The van der Waals surface area contributed by atoms with Crippen molar-refractivity contribution in [1.82, 2.24) is 10.3 Å². The lowest BCUT2D eigenvalue weighted by Crippen LogP contribution is -2.26. The van der Waals surface area contributed by atoms with E-state index in [1.165, 1.54) is 0 Å². The van der Waals surface area contributed by atoms with Gasteiger partial charge in [-0.1, -0.05) is 13.8 Å². The first-order valence-corrected chi connectivity index (χ1v) is 8.03. The molecule has 0 spiro atoms. The van der Waals surface area contributed by atoms with Gasteiger partial charge in [0.2, 0.25) is 6.79 Å².